The normalized spacial score (nSPS) is 11.5. The van der Waals surface area contributed by atoms with E-state index in [0.29, 0.717) is 34.4 Å². The molecule has 0 aliphatic rings. The number of carbonyl (C=O) groups is 1. The van der Waals surface area contributed by atoms with Crippen molar-refractivity contribution in [2.75, 3.05) is 6.54 Å². The summed E-state index contributed by atoms with van der Waals surface area (Å²) >= 11 is 5.87. The van der Waals surface area contributed by atoms with Gasteiger partial charge >= 0.3 is 0 Å². The van der Waals surface area contributed by atoms with Gasteiger partial charge in [0.05, 0.1) is 10.7 Å². The van der Waals surface area contributed by atoms with Gasteiger partial charge in [0.25, 0.3) is 12.9 Å². The van der Waals surface area contributed by atoms with Crippen LogP contribution in [0.15, 0.2) is 12.3 Å². The highest BCUT2D eigenvalue weighted by atomic mass is 35.5. The molecule has 2 rings (SSSR count). The van der Waals surface area contributed by atoms with Crippen molar-refractivity contribution in [3.8, 4) is 0 Å². The molecule has 25 heavy (non-hydrogen) atoms. The van der Waals surface area contributed by atoms with Gasteiger partial charge in [0, 0.05) is 19.3 Å². The van der Waals surface area contributed by atoms with Gasteiger partial charge < -0.3 is 5.32 Å². The third-order valence-electron chi connectivity index (χ3n) is 3.34. The summed E-state index contributed by atoms with van der Waals surface area (Å²) in [5, 5.41) is 10.6. The number of hydrogen-bond acceptors (Lipinski definition) is 3. The molecule has 1 N–H and O–H groups in total. The average Bonchev–Trinajstić information content (AvgIpc) is 3.08. The number of amides is 1. The van der Waals surface area contributed by atoms with Crippen molar-refractivity contribution >= 4 is 17.5 Å². The zero-order valence-corrected chi connectivity index (χ0v) is 14.0. The average molecular weight is 382 g/mol. The maximum atomic E-state index is 12.8. The monoisotopic (exact) mass is 381 g/mol. The van der Waals surface area contributed by atoms with Crippen LogP contribution in [0.2, 0.25) is 5.02 Å². The van der Waals surface area contributed by atoms with Crippen molar-refractivity contribution in [2.45, 2.75) is 39.3 Å². The Morgan fingerprint density at radius 2 is 2.00 bits per heavy atom. The molecule has 0 saturated carbocycles. The minimum absolute atomic E-state index is 0.266. The maximum Gasteiger partial charge on any atom is 0.282 e. The lowest BCUT2D eigenvalue weighted by Gasteiger charge is -2.08. The molecule has 0 bridgehead atoms. The molecule has 0 atom stereocenters. The third kappa shape index (κ3) is 5.18. The quantitative estimate of drug-likeness (QED) is 0.564. The summed E-state index contributed by atoms with van der Waals surface area (Å²) in [5.74, 6) is -0.597. The molecular weight excluding hydrogens is 366 g/mol. The van der Waals surface area contributed by atoms with Gasteiger partial charge in [0.15, 0.2) is 0 Å². The molecule has 0 aliphatic heterocycles. The number of hydrogen-bond donors (Lipinski definition) is 1. The van der Waals surface area contributed by atoms with Gasteiger partial charge in [0.2, 0.25) is 5.91 Å². The number of aryl methyl sites for hydroxylation is 2. The summed E-state index contributed by atoms with van der Waals surface area (Å²) < 4.78 is 53.0. The molecule has 0 aliphatic carbocycles. The highest BCUT2D eigenvalue weighted by molar-refractivity contribution is 6.31. The zero-order chi connectivity index (χ0) is 18.6. The summed E-state index contributed by atoms with van der Waals surface area (Å²) in [7, 11) is 0. The van der Waals surface area contributed by atoms with E-state index < -0.39 is 36.7 Å². The Hall–Kier alpha value is -2.10. The summed E-state index contributed by atoms with van der Waals surface area (Å²) in [5.41, 5.74) is -0.806. The molecule has 138 valence electrons. The van der Waals surface area contributed by atoms with Crippen molar-refractivity contribution in [3.63, 3.8) is 0 Å². The van der Waals surface area contributed by atoms with Crippen LogP contribution in [0.25, 0.3) is 0 Å². The number of aromatic nitrogens is 4. The molecule has 0 aromatic carbocycles. The smallest absolute Gasteiger partial charge is 0.282 e. The number of alkyl halides is 4. The SMILES string of the molecule is Cc1nn(CCCNC(=O)Cn2nc(C(F)F)cc2C(F)F)cc1Cl. The van der Waals surface area contributed by atoms with Gasteiger partial charge in [-0.25, -0.2) is 17.6 Å². The molecule has 0 radical (unpaired) electrons. The van der Waals surface area contributed by atoms with Crippen LogP contribution in [0.4, 0.5) is 17.6 Å². The van der Waals surface area contributed by atoms with Crippen LogP contribution in [0.5, 0.6) is 0 Å². The maximum absolute atomic E-state index is 12.8. The number of nitrogens with one attached hydrogen (secondary N) is 1. The van der Waals surface area contributed by atoms with E-state index >= 15 is 0 Å². The van der Waals surface area contributed by atoms with Crippen molar-refractivity contribution in [1.82, 2.24) is 24.9 Å². The first kappa shape index (κ1) is 19.2. The largest absolute Gasteiger partial charge is 0.354 e. The lowest BCUT2D eigenvalue weighted by atomic mass is 10.3. The topological polar surface area (TPSA) is 64.7 Å². The predicted octanol–water partition coefficient (Wildman–Crippen LogP) is 3.12. The van der Waals surface area contributed by atoms with Gasteiger partial charge in [-0.05, 0) is 19.4 Å². The predicted molar refractivity (Wildman–Crippen MR) is 81.7 cm³/mol. The molecule has 6 nitrogen and oxygen atoms in total. The summed E-state index contributed by atoms with van der Waals surface area (Å²) in [4.78, 5) is 11.8. The van der Waals surface area contributed by atoms with Crippen molar-refractivity contribution < 1.29 is 22.4 Å². The van der Waals surface area contributed by atoms with Gasteiger partial charge in [-0.1, -0.05) is 11.6 Å². The Balaban J connectivity index is 1.83. The number of halogens is 5. The second-order valence-electron chi connectivity index (χ2n) is 5.28. The van der Waals surface area contributed by atoms with E-state index in [1.807, 2.05) is 0 Å². The molecule has 2 aromatic rings. The third-order valence-corrected chi connectivity index (χ3v) is 3.71. The van der Waals surface area contributed by atoms with Crippen LogP contribution in [0, 0.1) is 6.92 Å². The second-order valence-corrected chi connectivity index (χ2v) is 5.69. The lowest BCUT2D eigenvalue weighted by molar-refractivity contribution is -0.121. The minimum Gasteiger partial charge on any atom is -0.354 e. The van der Waals surface area contributed by atoms with Crippen LogP contribution in [-0.4, -0.2) is 32.0 Å². The van der Waals surface area contributed by atoms with Crippen LogP contribution < -0.4 is 5.32 Å². The molecule has 2 aromatic heterocycles. The Kier molecular flexibility index (Phi) is 6.40. The molecule has 0 saturated heterocycles. The fraction of sp³-hybridized carbons (Fsp3) is 0.500. The minimum atomic E-state index is -3.00. The molecular formula is C14H16ClF4N5O. The van der Waals surface area contributed by atoms with Crippen LogP contribution in [0.1, 0.15) is 36.4 Å². The van der Waals surface area contributed by atoms with Gasteiger partial charge in [-0.3, -0.25) is 14.2 Å². The summed E-state index contributed by atoms with van der Waals surface area (Å²) in [6.07, 6.45) is -3.79. The lowest BCUT2D eigenvalue weighted by Crippen LogP contribution is -2.30. The van der Waals surface area contributed by atoms with E-state index in [1.54, 1.807) is 17.8 Å². The van der Waals surface area contributed by atoms with E-state index in [0.717, 1.165) is 0 Å². The van der Waals surface area contributed by atoms with Gasteiger partial charge in [-0.2, -0.15) is 10.2 Å². The molecule has 2 heterocycles. The molecule has 0 spiro atoms. The standard InChI is InChI=1S/C14H16ClF4N5O/c1-8-9(15)6-23(21-8)4-2-3-20-12(25)7-24-11(14(18)19)5-10(22-24)13(16)17/h5-6,13-14H,2-4,7H2,1H3,(H,20,25). The van der Waals surface area contributed by atoms with Crippen molar-refractivity contribution in [2.24, 2.45) is 0 Å². The number of rotatable bonds is 8. The van der Waals surface area contributed by atoms with Crippen molar-refractivity contribution in [1.29, 1.82) is 0 Å². The molecule has 0 unspecified atom stereocenters. The van der Waals surface area contributed by atoms with E-state index in [-0.39, 0.29) is 6.54 Å². The van der Waals surface area contributed by atoms with E-state index in [9.17, 15) is 22.4 Å². The first-order valence-corrected chi connectivity index (χ1v) is 7.76. The highest BCUT2D eigenvalue weighted by Crippen LogP contribution is 2.24. The fourth-order valence-electron chi connectivity index (χ4n) is 2.13. The highest BCUT2D eigenvalue weighted by Gasteiger charge is 2.22. The fourth-order valence-corrected chi connectivity index (χ4v) is 2.28. The summed E-state index contributed by atoms with van der Waals surface area (Å²) in [6, 6.07) is 0.604. The van der Waals surface area contributed by atoms with Gasteiger partial charge in [0.1, 0.15) is 17.9 Å². The Bertz CT molecular complexity index is 711. The Morgan fingerprint density at radius 3 is 2.56 bits per heavy atom. The first-order chi connectivity index (χ1) is 11.8. The van der Waals surface area contributed by atoms with Crippen molar-refractivity contribution in [3.05, 3.63) is 34.4 Å². The first-order valence-electron chi connectivity index (χ1n) is 7.38. The van der Waals surface area contributed by atoms with E-state index in [4.69, 9.17) is 11.6 Å². The molecule has 1 amide bonds. The molecule has 0 fully saturated rings. The number of nitrogens with zero attached hydrogens (tertiary/aromatic N) is 4. The van der Waals surface area contributed by atoms with E-state index in [2.05, 4.69) is 15.5 Å². The van der Waals surface area contributed by atoms with Gasteiger partial charge in [-0.15, -0.1) is 0 Å². The zero-order valence-electron chi connectivity index (χ0n) is 13.2. The Morgan fingerprint density at radius 1 is 1.28 bits per heavy atom. The van der Waals surface area contributed by atoms with E-state index in [1.165, 1.54) is 0 Å². The number of carbonyl (C=O) groups excluding carboxylic acids is 1. The Labute approximate surface area is 145 Å². The van der Waals surface area contributed by atoms with Crippen LogP contribution in [-0.2, 0) is 17.9 Å². The summed E-state index contributed by atoms with van der Waals surface area (Å²) in [6.45, 7) is 1.98. The molecule has 11 heteroatoms. The second kappa shape index (κ2) is 8.32. The van der Waals surface area contributed by atoms with Crippen LogP contribution in [0.3, 0.4) is 0 Å². The van der Waals surface area contributed by atoms with Crippen LogP contribution >= 0.6 is 11.6 Å².